The zero-order valence-electron chi connectivity index (χ0n) is 8.67. The van der Waals surface area contributed by atoms with Crippen LogP contribution in [0.2, 0.25) is 0 Å². The molecule has 2 N–H and O–H groups in total. The molecule has 0 unspecified atom stereocenters. The third-order valence-corrected chi connectivity index (χ3v) is 3.23. The van der Waals surface area contributed by atoms with Gasteiger partial charge in [-0.25, -0.2) is 4.39 Å². The summed E-state index contributed by atoms with van der Waals surface area (Å²) in [5.41, 5.74) is 0.197. The SMILES string of the molecule is OCC1(CNc2ccc(Br)cc2F)COC1. The predicted octanol–water partition coefficient (Wildman–Crippen LogP) is 2.01. The third kappa shape index (κ3) is 2.36. The Morgan fingerprint density at radius 2 is 2.25 bits per heavy atom. The van der Waals surface area contributed by atoms with Gasteiger partial charge < -0.3 is 15.2 Å². The number of aliphatic hydroxyl groups excluding tert-OH is 1. The van der Waals surface area contributed by atoms with Gasteiger partial charge in [-0.05, 0) is 18.2 Å². The summed E-state index contributed by atoms with van der Waals surface area (Å²) in [6.45, 7) is 1.61. The van der Waals surface area contributed by atoms with Gasteiger partial charge in [0.15, 0.2) is 0 Å². The Bertz CT molecular complexity index is 377. The van der Waals surface area contributed by atoms with Gasteiger partial charge in [-0.15, -0.1) is 0 Å². The molecule has 0 aromatic heterocycles. The zero-order chi connectivity index (χ0) is 11.6. The largest absolute Gasteiger partial charge is 0.396 e. The molecule has 1 heterocycles. The van der Waals surface area contributed by atoms with Crippen LogP contribution in [0, 0.1) is 11.2 Å². The second-order valence-electron chi connectivity index (χ2n) is 4.13. The fraction of sp³-hybridized carbons (Fsp3) is 0.455. The first kappa shape index (κ1) is 11.8. The van der Waals surface area contributed by atoms with Crippen LogP contribution in [-0.2, 0) is 4.74 Å². The zero-order valence-corrected chi connectivity index (χ0v) is 10.3. The van der Waals surface area contributed by atoms with Crippen LogP contribution >= 0.6 is 15.9 Å². The Hall–Kier alpha value is -0.650. The number of benzene rings is 1. The molecule has 0 amide bonds. The Labute approximate surface area is 102 Å². The maximum absolute atomic E-state index is 13.5. The molecule has 16 heavy (non-hydrogen) atoms. The second kappa shape index (κ2) is 4.69. The molecule has 1 aromatic carbocycles. The van der Waals surface area contributed by atoms with E-state index in [4.69, 9.17) is 4.74 Å². The van der Waals surface area contributed by atoms with Crippen molar-refractivity contribution in [3.8, 4) is 0 Å². The van der Waals surface area contributed by atoms with Crippen LogP contribution in [0.25, 0.3) is 0 Å². The van der Waals surface area contributed by atoms with Gasteiger partial charge >= 0.3 is 0 Å². The standard InChI is InChI=1S/C11H13BrFNO2/c12-8-1-2-10(9(13)3-8)14-4-11(5-15)6-16-7-11/h1-3,14-15H,4-7H2. The Balaban J connectivity index is 1.99. The monoisotopic (exact) mass is 289 g/mol. The fourth-order valence-corrected chi connectivity index (χ4v) is 1.89. The summed E-state index contributed by atoms with van der Waals surface area (Å²) >= 11 is 3.20. The molecule has 0 atom stereocenters. The highest BCUT2D eigenvalue weighted by Gasteiger charge is 2.37. The van der Waals surface area contributed by atoms with E-state index in [1.54, 1.807) is 12.1 Å². The van der Waals surface area contributed by atoms with Gasteiger partial charge in [0.05, 0.1) is 30.9 Å². The third-order valence-electron chi connectivity index (χ3n) is 2.74. The number of ether oxygens (including phenoxy) is 1. The van der Waals surface area contributed by atoms with Crippen molar-refractivity contribution in [2.45, 2.75) is 0 Å². The van der Waals surface area contributed by atoms with E-state index in [9.17, 15) is 9.50 Å². The highest BCUT2D eigenvalue weighted by Crippen LogP contribution is 2.28. The summed E-state index contributed by atoms with van der Waals surface area (Å²) in [4.78, 5) is 0. The smallest absolute Gasteiger partial charge is 0.147 e. The van der Waals surface area contributed by atoms with Crippen molar-refractivity contribution < 1.29 is 14.2 Å². The van der Waals surface area contributed by atoms with Gasteiger partial charge in [-0.2, -0.15) is 0 Å². The molecule has 0 aliphatic carbocycles. The van der Waals surface area contributed by atoms with E-state index in [2.05, 4.69) is 21.2 Å². The lowest BCUT2D eigenvalue weighted by molar-refractivity contribution is -0.128. The lowest BCUT2D eigenvalue weighted by Gasteiger charge is -2.40. The minimum absolute atomic E-state index is 0.0537. The molecular formula is C11H13BrFNO2. The molecular weight excluding hydrogens is 277 g/mol. The summed E-state index contributed by atoms with van der Waals surface area (Å²) in [5.74, 6) is -0.303. The summed E-state index contributed by atoms with van der Waals surface area (Å²) in [5, 5.41) is 12.2. The Morgan fingerprint density at radius 1 is 1.50 bits per heavy atom. The first-order valence-corrected chi connectivity index (χ1v) is 5.82. The van der Waals surface area contributed by atoms with Crippen molar-refractivity contribution in [1.29, 1.82) is 0 Å². The maximum Gasteiger partial charge on any atom is 0.147 e. The molecule has 0 bridgehead atoms. The number of nitrogens with one attached hydrogen (secondary N) is 1. The van der Waals surface area contributed by atoms with Crippen molar-refractivity contribution in [3.63, 3.8) is 0 Å². The van der Waals surface area contributed by atoms with Gasteiger partial charge in [-0.1, -0.05) is 15.9 Å². The van der Waals surface area contributed by atoms with Gasteiger partial charge in [-0.3, -0.25) is 0 Å². The number of anilines is 1. The van der Waals surface area contributed by atoms with Crippen LogP contribution < -0.4 is 5.32 Å². The first-order chi connectivity index (χ1) is 7.65. The molecule has 1 fully saturated rings. The van der Waals surface area contributed by atoms with Crippen LogP contribution in [0.4, 0.5) is 10.1 Å². The molecule has 1 aliphatic rings. The van der Waals surface area contributed by atoms with E-state index >= 15 is 0 Å². The summed E-state index contributed by atoms with van der Waals surface area (Å²) in [6.07, 6.45) is 0. The van der Waals surface area contributed by atoms with Crippen LogP contribution in [0.5, 0.6) is 0 Å². The van der Waals surface area contributed by atoms with Gasteiger partial charge in [0.1, 0.15) is 5.82 Å². The van der Waals surface area contributed by atoms with Crippen LogP contribution in [-0.4, -0.2) is 31.5 Å². The van der Waals surface area contributed by atoms with Gasteiger partial charge in [0.25, 0.3) is 0 Å². The Morgan fingerprint density at radius 3 is 2.75 bits per heavy atom. The van der Waals surface area contributed by atoms with Crippen molar-refractivity contribution in [3.05, 3.63) is 28.5 Å². The number of hydrogen-bond donors (Lipinski definition) is 2. The van der Waals surface area contributed by atoms with E-state index in [0.717, 1.165) is 0 Å². The van der Waals surface area contributed by atoms with Gasteiger partial charge in [0.2, 0.25) is 0 Å². The minimum atomic E-state index is -0.303. The normalized spacial score (nSPS) is 17.9. The van der Waals surface area contributed by atoms with Crippen molar-refractivity contribution in [2.24, 2.45) is 5.41 Å². The lowest BCUT2D eigenvalue weighted by atomic mass is 9.87. The molecule has 2 rings (SSSR count). The number of rotatable bonds is 4. The molecule has 88 valence electrons. The molecule has 1 saturated heterocycles. The van der Waals surface area contributed by atoms with Crippen molar-refractivity contribution in [1.82, 2.24) is 0 Å². The number of aliphatic hydroxyl groups is 1. The number of halogens is 2. The van der Waals surface area contributed by atoms with E-state index in [-0.39, 0.29) is 17.8 Å². The second-order valence-corrected chi connectivity index (χ2v) is 5.04. The van der Waals surface area contributed by atoms with E-state index in [1.807, 2.05) is 0 Å². The van der Waals surface area contributed by atoms with E-state index < -0.39 is 0 Å². The highest BCUT2D eigenvalue weighted by atomic mass is 79.9. The molecule has 0 radical (unpaired) electrons. The summed E-state index contributed by atoms with van der Waals surface area (Å²) < 4.78 is 19.2. The van der Waals surface area contributed by atoms with Crippen molar-refractivity contribution in [2.75, 3.05) is 31.7 Å². The fourth-order valence-electron chi connectivity index (χ4n) is 1.56. The molecule has 0 saturated carbocycles. The molecule has 1 aromatic rings. The average molecular weight is 290 g/mol. The number of hydrogen-bond acceptors (Lipinski definition) is 3. The summed E-state index contributed by atoms with van der Waals surface area (Å²) in [7, 11) is 0. The average Bonchev–Trinajstić information content (AvgIpc) is 2.19. The molecule has 1 aliphatic heterocycles. The maximum atomic E-state index is 13.5. The van der Waals surface area contributed by atoms with Crippen LogP contribution in [0.15, 0.2) is 22.7 Å². The van der Waals surface area contributed by atoms with E-state index in [1.165, 1.54) is 6.07 Å². The quantitative estimate of drug-likeness (QED) is 0.891. The highest BCUT2D eigenvalue weighted by molar-refractivity contribution is 9.10. The topological polar surface area (TPSA) is 41.5 Å². The summed E-state index contributed by atoms with van der Waals surface area (Å²) in [6, 6.07) is 4.85. The molecule has 0 spiro atoms. The first-order valence-electron chi connectivity index (χ1n) is 5.03. The predicted molar refractivity (Wildman–Crippen MR) is 62.9 cm³/mol. The lowest BCUT2D eigenvalue weighted by Crippen LogP contribution is -2.50. The van der Waals surface area contributed by atoms with Crippen LogP contribution in [0.1, 0.15) is 0 Å². The van der Waals surface area contributed by atoms with Crippen molar-refractivity contribution >= 4 is 21.6 Å². The van der Waals surface area contributed by atoms with Crippen LogP contribution in [0.3, 0.4) is 0 Å². The van der Waals surface area contributed by atoms with Gasteiger partial charge in [0, 0.05) is 11.0 Å². The Kier molecular flexibility index (Phi) is 3.47. The van der Waals surface area contributed by atoms with E-state index in [0.29, 0.717) is 29.9 Å². The minimum Gasteiger partial charge on any atom is -0.396 e. The molecule has 5 heteroatoms. The molecule has 3 nitrogen and oxygen atoms in total.